The Morgan fingerprint density at radius 1 is 1.33 bits per heavy atom. The largest absolute Gasteiger partial charge is 0.325 e. The number of likely N-dealkylation sites (tertiary alicyclic amines) is 1. The minimum absolute atomic E-state index is 0.246. The number of hydrogen-bond donors (Lipinski definition) is 0. The van der Waals surface area contributed by atoms with Crippen LogP contribution in [0.15, 0.2) is 0 Å². The summed E-state index contributed by atoms with van der Waals surface area (Å²) in [5.41, 5.74) is 0. The molecule has 1 fully saturated rings. The third-order valence-electron chi connectivity index (χ3n) is 3.26. The zero-order valence-electron chi connectivity index (χ0n) is 10.3. The highest BCUT2D eigenvalue weighted by atomic mass is 16.2. The lowest BCUT2D eigenvalue weighted by Crippen LogP contribution is -2.43. The fourth-order valence-electron chi connectivity index (χ4n) is 1.96. The van der Waals surface area contributed by atoms with Gasteiger partial charge in [-0.3, -0.25) is 0 Å². The molecule has 88 valence electrons. The molecule has 1 rings (SSSR count). The number of hydrogen-bond acceptors (Lipinski definition) is 1. The summed E-state index contributed by atoms with van der Waals surface area (Å²) < 4.78 is 0. The van der Waals surface area contributed by atoms with E-state index in [0.717, 1.165) is 32.6 Å². The van der Waals surface area contributed by atoms with Gasteiger partial charge >= 0.3 is 6.03 Å². The summed E-state index contributed by atoms with van der Waals surface area (Å²) >= 11 is 0. The minimum Gasteiger partial charge on any atom is -0.325 e. The maximum atomic E-state index is 12.1. The molecule has 1 aliphatic heterocycles. The molecule has 0 spiro atoms. The number of amides is 2. The SMILES string of the molecule is CCC(C)CN(CC)C(=O)N1CCCC1. The van der Waals surface area contributed by atoms with Crippen LogP contribution < -0.4 is 0 Å². The van der Waals surface area contributed by atoms with E-state index in [1.165, 1.54) is 12.8 Å². The summed E-state index contributed by atoms with van der Waals surface area (Å²) in [5, 5.41) is 0. The van der Waals surface area contributed by atoms with Gasteiger partial charge in [-0.1, -0.05) is 20.3 Å². The lowest BCUT2D eigenvalue weighted by atomic mass is 10.1. The molecule has 0 aliphatic carbocycles. The van der Waals surface area contributed by atoms with Crippen LogP contribution in [0.3, 0.4) is 0 Å². The van der Waals surface area contributed by atoms with Crippen LogP contribution in [0.4, 0.5) is 4.79 Å². The Balaban J connectivity index is 2.45. The van der Waals surface area contributed by atoms with E-state index >= 15 is 0 Å². The van der Waals surface area contributed by atoms with E-state index in [0.29, 0.717) is 5.92 Å². The molecule has 3 heteroatoms. The summed E-state index contributed by atoms with van der Waals surface area (Å²) in [7, 11) is 0. The van der Waals surface area contributed by atoms with Crippen molar-refractivity contribution in [3.05, 3.63) is 0 Å². The van der Waals surface area contributed by atoms with Crippen LogP contribution in [-0.4, -0.2) is 42.0 Å². The molecular formula is C12H24N2O. The van der Waals surface area contributed by atoms with Crippen molar-refractivity contribution in [1.29, 1.82) is 0 Å². The Labute approximate surface area is 93.4 Å². The predicted octanol–water partition coefficient (Wildman–Crippen LogP) is 2.57. The highest BCUT2D eigenvalue weighted by molar-refractivity contribution is 5.74. The van der Waals surface area contributed by atoms with E-state index in [1.807, 2.05) is 9.80 Å². The van der Waals surface area contributed by atoms with Crippen LogP contribution in [0.5, 0.6) is 0 Å². The molecule has 1 aliphatic rings. The summed E-state index contributed by atoms with van der Waals surface area (Å²) in [4.78, 5) is 16.1. The first kappa shape index (κ1) is 12.3. The first-order valence-corrected chi connectivity index (χ1v) is 6.22. The lowest BCUT2D eigenvalue weighted by Gasteiger charge is -2.28. The zero-order chi connectivity index (χ0) is 11.3. The molecule has 0 saturated carbocycles. The second-order valence-electron chi connectivity index (χ2n) is 4.53. The molecule has 0 aromatic carbocycles. The van der Waals surface area contributed by atoms with Gasteiger partial charge in [0.05, 0.1) is 0 Å². The van der Waals surface area contributed by atoms with Gasteiger partial charge in [0.15, 0.2) is 0 Å². The fourth-order valence-corrected chi connectivity index (χ4v) is 1.96. The quantitative estimate of drug-likeness (QED) is 0.702. The Morgan fingerprint density at radius 3 is 2.40 bits per heavy atom. The van der Waals surface area contributed by atoms with E-state index in [1.54, 1.807) is 0 Å². The molecule has 2 amide bonds. The molecular weight excluding hydrogens is 188 g/mol. The van der Waals surface area contributed by atoms with Crippen LogP contribution in [0.1, 0.15) is 40.0 Å². The summed E-state index contributed by atoms with van der Waals surface area (Å²) in [6.07, 6.45) is 3.49. The van der Waals surface area contributed by atoms with Gasteiger partial charge in [-0.25, -0.2) is 4.79 Å². The number of carbonyl (C=O) groups is 1. The number of carbonyl (C=O) groups excluding carboxylic acids is 1. The van der Waals surface area contributed by atoms with E-state index in [2.05, 4.69) is 20.8 Å². The molecule has 0 N–H and O–H groups in total. The van der Waals surface area contributed by atoms with Gasteiger partial charge in [0.1, 0.15) is 0 Å². The predicted molar refractivity (Wildman–Crippen MR) is 62.9 cm³/mol. The number of nitrogens with zero attached hydrogens (tertiary/aromatic N) is 2. The Kier molecular flexibility index (Phi) is 4.92. The van der Waals surface area contributed by atoms with Crippen molar-refractivity contribution in [2.75, 3.05) is 26.2 Å². The lowest BCUT2D eigenvalue weighted by molar-refractivity contribution is 0.157. The Hall–Kier alpha value is -0.730. The number of rotatable bonds is 4. The molecule has 3 nitrogen and oxygen atoms in total. The second-order valence-corrected chi connectivity index (χ2v) is 4.53. The zero-order valence-corrected chi connectivity index (χ0v) is 10.3. The van der Waals surface area contributed by atoms with Crippen molar-refractivity contribution in [1.82, 2.24) is 9.80 Å². The fraction of sp³-hybridized carbons (Fsp3) is 0.917. The summed E-state index contributed by atoms with van der Waals surface area (Å²) in [5.74, 6) is 0.608. The normalized spacial score (nSPS) is 17.9. The van der Waals surface area contributed by atoms with Gasteiger partial charge in [0.25, 0.3) is 0 Å². The smallest absolute Gasteiger partial charge is 0.319 e. The molecule has 0 radical (unpaired) electrons. The van der Waals surface area contributed by atoms with Gasteiger partial charge in [-0.05, 0) is 25.7 Å². The van der Waals surface area contributed by atoms with E-state index in [-0.39, 0.29) is 6.03 Å². The molecule has 1 unspecified atom stereocenters. The third-order valence-corrected chi connectivity index (χ3v) is 3.26. The average Bonchev–Trinajstić information content (AvgIpc) is 2.77. The first-order valence-electron chi connectivity index (χ1n) is 6.22. The van der Waals surface area contributed by atoms with Crippen LogP contribution in [0.2, 0.25) is 0 Å². The third kappa shape index (κ3) is 3.40. The van der Waals surface area contributed by atoms with Crippen LogP contribution in [0.25, 0.3) is 0 Å². The topological polar surface area (TPSA) is 23.6 Å². The van der Waals surface area contributed by atoms with Crippen molar-refractivity contribution < 1.29 is 4.79 Å². The van der Waals surface area contributed by atoms with Crippen LogP contribution in [0, 0.1) is 5.92 Å². The first-order chi connectivity index (χ1) is 7.19. The maximum Gasteiger partial charge on any atom is 0.319 e. The van der Waals surface area contributed by atoms with Gasteiger partial charge in [0.2, 0.25) is 0 Å². The molecule has 1 heterocycles. The van der Waals surface area contributed by atoms with Crippen molar-refractivity contribution >= 4 is 6.03 Å². The molecule has 15 heavy (non-hydrogen) atoms. The van der Waals surface area contributed by atoms with Crippen LogP contribution >= 0.6 is 0 Å². The molecule has 0 bridgehead atoms. The highest BCUT2D eigenvalue weighted by Crippen LogP contribution is 2.12. The average molecular weight is 212 g/mol. The van der Waals surface area contributed by atoms with Crippen molar-refractivity contribution in [2.24, 2.45) is 5.92 Å². The van der Waals surface area contributed by atoms with Crippen molar-refractivity contribution in [3.8, 4) is 0 Å². The van der Waals surface area contributed by atoms with E-state index < -0.39 is 0 Å². The van der Waals surface area contributed by atoms with Crippen LogP contribution in [-0.2, 0) is 0 Å². The Bertz CT molecular complexity index is 200. The monoisotopic (exact) mass is 212 g/mol. The maximum absolute atomic E-state index is 12.1. The minimum atomic E-state index is 0.246. The highest BCUT2D eigenvalue weighted by Gasteiger charge is 2.23. The Morgan fingerprint density at radius 2 is 1.93 bits per heavy atom. The van der Waals surface area contributed by atoms with E-state index in [4.69, 9.17) is 0 Å². The second kappa shape index (κ2) is 5.99. The summed E-state index contributed by atoms with van der Waals surface area (Å²) in [6, 6.07) is 0.246. The number of urea groups is 1. The van der Waals surface area contributed by atoms with Gasteiger partial charge in [-0.15, -0.1) is 0 Å². The standard InChI is InChI=1S/C12H24N2O/c1-4-11(3)10-13(5-2)12(15)14-8-6-7-9-14/h11H,4-10H2,1-3H3. The van der Waals surface area contributed by atoms with Crippen molar-refractivity contribution in [3.63, 3.8) is 0 Å². The molecule has 1 saturated heterocycles. The molecule has 1 atom stereocenters. The van der Waals surface area contributed by atoms with Crippen molar-refractivity contribution in [2.45, 2.75) is 40.0 Å². The van der Waals surface area contributed by atoms with Gasteiger partial charge < -0.3 is 9.80 Å². The summed E-state index contributed by atoms with van der Waals surface area (Å²) in [6.45, 7) is 10.1. The molecule has 0 aromatic heterocycles. The van der Waals surface area contributed by atoms with E-state index in [9.17, 15) is 4.79 Å². The van der Waals surface area contributed by atoms with Gasteiger partial charge in [-0.2, -0.15) is 0 Å². The molecule has 0 aromatic rings. The van der Waals surface area contributed by atoms with Gasteiger partial charge in [0, 0.05) is 26.2 Å².